The smallest absolute Gasteiger partial charge is 0.343 e. The molecule has 0 unspecified atom stereocenters. The van der Waals surface area contributed by atoms with E-state index in [1.54, 1.807) is 42.5 Å². The van der Waals surface area contributed by atoms with Gasteiger partial charge in [0.2, 0.25) is 0 Å². The molecule has 0 aromatic heterocycles. The Balaban J connectivity index is 1.63. The first-order valence-corrected chi connectivity index (χ1v) is 10.00. The Morgan fingerprint density at radius 3 is 2.37 bits per heavy atom. The van der Waals surface area contributed by atoms with Crippen LogP contribution < -0.4 is 9.57 Å². The number of ether oxygens (including phenoxy) is 1. The minimum Gasteiger partial charge on any atom is -0.423 e. The molecule has 0 aliphatic rings. The van der Waals surface area contributed by atoms with Crippen molar-refractivity contribution in [1.29, 1.82) is 0 Å². The van der Waals surface area contributed by atoms with Crippen LogP contribution in [-0.2, 0) is 10.0 Å². The summed E-state index contributed by atoms with van der Waals surface area (Å²) in [7, 11) is -4.06. The van der Waals surface area contributed by atoms with Gasteiger partial charge in [-0.25, -0.2) is 9.63 Å². The molecule has 0 aliphatic carbocycles. The molecule has 0 spiro atoms. The summed E-state index contributed by atoms with van der Waals surface area (Å²) in [6.07, 6.45) is 1.25. The van der Waals surface area contributed by atoms with Crippen LogP contribution in [0.5, 0.6) is 5.75 Å². The van der Waals surface area contributed by atoms with Crippen LogP contribution in [-0.4, -0.2) is 25.5 Å². The second-order valence-corrected chi connectivity index (χ2v) is 7.59. The highest BCUT2D eigenvalue weighted by atomic mass is 32.2. The fraction of sp³-hybridized carbons (Fsp3) is 0. The predicted molar refractivity (Wildman–Crippen MR) is 109 cm³/mol. The van der Waals surface area contributed by atoms with Crippen molar-refractivity contribution < 1.29 is 22.9 Å². The van der Waals surface area contributed by atoms with Gasteiger partial charge >= 0.3 is 5.97 Å². The van der Waals surface area contributed by atoms with Crippen molar-refractivity contribution in [3.63, 3.8) is 0 Å². The molecule has 3 rings (SSSR count). The van der Waals surface area contributed by atoms with E-state index in [0.717, 1.165) is 6.07 Å². The topological polar surface area (TPSA) is 128 Å². The largest absolute Gasteiger partial charge is 0.423 e. The third kappa shape index (κ3) is 5.26. The van der Waals surface area contributed by atoms with E-state index in [4.69, 9.17) is 4.74 Å². The van der Waals surface area contributed by atoms with E-state index in [1.807, 2.05) is 4.83 Å². The lowest BCUT2D eigenvalue weighted by Crippen LogP contribution is -2.18. The minimum absolute atomic E-state index is 0.281. The highest BCUT2D eigenvalue weighted by Gasteiger charge is 2.16. The zero-order valence-corrected chi connectivity index (χ0v) is 16.2. The standard InChI is InChI=1S/C20H15N3O6S/c24-20(16-5-2-1-3-6-16)29-18-11-9-15(10-12-18)14-21-22-30(27,28)19-8-4-7-17(13-19)23(25)26/h1-14,22H/b21-14+. The van der Waals surface area contributed by atoms with Gasteiger partial charge in [0.25, 0.3) is 15.7 Å². The highest BCUT2D eigenvalue weighted by molar-refractivity contribution is 7.89. The summed E-state index contributed by atoms with van der Waals surface area (Å²) in [5.41, 5.74) is 0.609. The van der Waals surface area contributed by atoms with E-state index in [-0.39, 0.29) is 10.6 Å². The molecule has 3 aromatic carbocycles. The summed E-state index contributed by atoms with van der Waals surface area (Å²) in [5.74, 6) is -0.181. The quantitative estimate of drug-likeness (QED) is 0.204. The van der Waals surface area contributed by atoms with Gasteiger partial charge in [-0.15, -0.1) is 0 Å². The minimum atomic E-state index is -4.06. The van der Waals surface area contributed by atoms with Gasteiger partial charge in [-0.3, -0.25) is 10.1 Å². The average molecular weight is 425 g/mol. The molecule has 3 aromatic rings. The molecule has 0 amide bonds. The van der Waals surface area contributed by atoms with Crippen LogP contribution in [0.4, 0.5) is 5.69 Å². The van der Waals surface area contributed by atoms with Gasteiger partial charge in [0.15, 0.2) is 0 Å². The summed E-state index contributed by atoms with van der Waals surface area (Å²) in [6, 6.07) is 19.4. The zero-order chi connectivity index (χ0) is 21.6. The number of carbonyl (C=O) groups excluding carboxylic acids is 1. The van der Waals surface area contributed by atoms with Gasteiger partial charge in [0.05, 0.1) is 21.6 Å². The summed E-state index contributed by atoms with van der Waals surface area (Å²) in [6.45, 7) is 0. The molecule has 30 heavy (non-hydrogen) atoms. The molecule has 0 aliphatic heterocycles. The predicted octanol–water partition coefficient (Wildman–Crippen LogP) is 3.13. The zero-order valence-electron chi connectivity index (χ0n) is 15.3. The second kappa shape index (κ2) is 8.97. The maximum Gasteiger partial charge on any atom is 0.343 e. The number of esters is 1. The normalized spacial score (nSPS) is 11.2. The van der Waals surface area contributed by atoms with E-state index in [1.165, 1.54) is 36.5 Å². The van der Waals surface area contributed by atoms with E-state index < -0.39 is 20.9 Å². The number of benzene rings is 3. The number of rotatable bonds is 7. The monoisotopic (exact) mass is 425 g/mol. The molecule has 0 atom stereocenters. The maximum absolute atomic E-state index is 12.2. The fourth-order valence-electron chi connectivity index (χ4n) is 2.35. The number of hydrogen-bond donors (Lipinski definition) is 1. The third-order valence-electron chi connectivity index (χ3n) is 3.83. The van der Waals surface area contributed by atoms with Crippen molar-refractivity contribution in [3.8, 4) is 5.75 Å². The number of nitrogens with one attached hydrogen (secondary N) is 1. The van der Waals surface area contributed by atoms with Crippen LogP contribution in [0.15, 0.2) is 88.9 Å². The number of hydrogen-bond acceptors (Lipinski definition) is 7. The van der Waals surface area contributed by atoms with Gasteiger partial charge in [0, 0.05) is 12.1 Å². The van der Waals surface area contributed by atoms with Crippen molar-refractivity contribution in [2.24, 2.45) is 5.10 Å². The average Bonchev–Trinajstić information content (AvgIpc) is 2.75. The number of non-ortho nitro benzene ring substituents is 1. The number of nitro groups is 1. The number of carbonyl (C=O) groups is 1. The lowest BCUT2D eigenvalue weighted by Gasteiger charge is -2.05. The molecule has 1 N–H and O–H groups in total. The highest BCUT2D eigenvalue weighted by Crippen LogP contribution is 2.17. The molecule has 9 nitrogen and oxygen atoms in total. The Hall–Kier alpha value is -4.05. The Kier molecular flexibility index (Phi) is 6.18. The molecule has 0 fully saturated rings. The molecule has 0 radical (unpaired) electrons. The van der Waals surface area contributed by atoms with Crippen LogP contribution in [0.2, 0.25) is 0 Å². The number of hydrazone groups is 1. The van der Waals surface area contributed by atoms with E-state index in [0.29, 0.717) is 16.9 Å². The first kappa shape index (κ1) is 20.7. The first-order valence-electron chi connectivity index (χ1n) is 8.52. The van der Waals surface area contributed by atoms with E-state index >= 15 is 0 Å². The Bertz CT molecular complexity index is 1190. The van der Waals surface area contributed by atoms with Crippen molar-refractivity contribution in [2.45, 2.75) is 4.90 Å². The molecular formula is C20H15N3O6S. The fourth-order valence-corrected chi connectivity index (χ4v) is 3.18. The molecular weight excluding hydrogens is 410 g/mol. The van der Waals surface area contributed by atoms with Gasteiger partial charge in [-0.1, -0.05) is 24.3 Å². The van der Waals surface area contributed by atoms with Crippen LogP contribution >= 0.6 is 0 Å². The van der Waals surface area contributed by atoms with Crippen LogP contribution in [0, 0.1) is 10.1 Å². The lowest BCUT2D eigenvalue weighted by atomic mass is 10.2. The van der Waals surface area contributed by atoms with Crippen LogP contribution in [0.3, 0.4) is 0 Å². The van der Waals surface area contributed by atoms with Crippen LogP contribution in [0.1, 0.15) is 15.9 Å². The van der Waals surface area contributed by atoms with Gasteiger partial charge in [0.1, 0.15) is 5.75 Å². The Morgan fingerprint density at radius 2 is 1.70 bits per heavy atom. The SMILES string of the molecule is O=C(Oc1ccc(/C=N/NS(=O)(=O)c2cccc([N+](=O)[O-])c2)cc1)c1ccccc1. The summed E-state index contributed by atoms with van der Waals surface area (Å²) in [5, 5.41) is 14.4. The van der Waals surface area contributed by atoms with Gasteiger partial charge in [-0.2, -0.15) is 13.5 Å². The van der Waals surface area contributed by atoms with E-state index in [2.05, 4.69) is 5.10 Å². The Morgan fingerprint density at radius 1 is 1.00 bits per heavy atom. The molecule has 0 saturated heterocycles. The van der Waals surface area contributed by atoms with Crippen molar-refractivity contribution in [1.82, 2.24) is 4.83 Å². The van der Waals surface area contributed by atoms with Crippen molar-refractivity contribution in [2.75, 3.05) is 0 Å². The molecule has 0 bridgehead atoms. The maximum atomic E-state index is 12.2. The summed E-state index contributed by atoms with van der Waals surface area (Å²) >= 11 is 0. The van der Waals surface area contributed by atoms with Crippen LogP contribution in [0.25, 0.3) is 0 Å². The lowest BCUT2D eigenvalue weighted by molar-refractivity contribution is -0.385. The molecule has 10 heteroatoms. The molecule has 0 saturated carbocycles. The number of nitrogens with zero attached hydrogens (tertiary/aromatic N) is 2. The first-order chi connectivity index (χ1) is 14.3. The second-order valence-electron chi connectivity index (χ2n) is 5.93. The molecule has 152 valence electrons. The Labute approximate surface area is 171 Å². The van der Waals surface area contributed by atoms with E-state index in [9.17, 15) is 23.3 Å². The summed E-state index contributed by atoms with van der Waals surface area (Å²) < 4.78 is 29.7. The molecule has 0 heterocycles. The number of sulfonamides is 1. The van der Waals surface area contributed by atoms with Gasteiger partial charge < -0.3 is 4.74 Å². The number of nitro benzene ring substituents is 1. The van der Waals surface area contributed by atoms with Crippen molar-refractivity contribution in [3.05, 3.63) is 100 Å². The van der Waals surface area contributed by atoms with Gasteiger partial charge in [-0.05, 0) is 48.0 Å². The van der Waals surface area contributed by atoms with Crippen molar-refractivity contribution >= 4 is 27.9 Å². The third-order valence-corrected chi connectivity index (χ3v) is 5.05. The summed E-state index contributed by atoms with van der Waals surface area (Å²) in [4.78, 5) is 23.8.